The van der Waals surface area contributed by atoms with Gasteiger partial charge in [-0.15, -0.1) is 0 Å². The Morgan fingerprint density at radius 1 is 1.26 bits per heavy atom. The summed E-state index contributed by atoms with van der Waals surface area (Å²) in [4.78, 5) is 2.57. The van der Waals surface area contributed by atoms with E-state index in [0.29, 0.717) is 0 Å². The van der Waals surface area contributed by atoms with E-state index in [1.165, 1.54) is 44.5 Å². The molecule has 2 N–H and O–H groups in total. The van der Waals surface area contributed by atoms with Gasteiger partial charge in [0.25, 0.3) is 0 Å². The second-order valence-corrected chi connectivity index (χ2v) is 5.54. The zero-order valence-electron chi connectivity index (χ0n) is 12.0. The van der Waals surface area contributed by atoms with Crippen LogP contribution in [0.15, 0.2) is 24.3 Å². The van der Waals surface area contributed by atoms with Crippen LogP contribution in [0.4, 0.5) is 5.69 Å². The Morgan fingerprint density at radius 2 is 2.00 bits per heavy atom. The van der Waals surface area contributed by atoms with Gasteiger partial charge in [0.1, 0.15) is 0 Å². The highest BCUT2D eigenvalue weighted by Crippen LogP contribution is 2.18. The largest absolute Gasteiger partial charge is 0.399 e. The molecular weight excluding hydrogens is 236 g/mol. The molecule has 3 nitrogen and oxygen atoms in total. The van der Waals surface area contributed by atoms with Crippen molar-refractivity contribution < 1.29 is 4.74 Å². The van der Waals surface area contributed by atoms with Crippen LogP contribution in [0.3, 0.4) is 0 Å². The van der Waals surface area contributed by atoms with Gasteiger partial charge in [0, 0.05) is 19.4 Å². The normalized spacial score (nSPS) is 17.7. The molecule has 0 aromatic heterocycles. The van der Waals surface area contributed by atoms with Gasteiger partial charge in [0.2, 0.25) is 0 Å². The van der Waals surface area contributed by atoms with Crippen molar-refractivity contribution in [1.29, 1.82) is 0 Å². The maximum atomic E-state index is 5.96. The molecule has 1 saturated heterocycles. The summed E-state index contributed by atoms with van der Waals surface area (Å²) in [7, 11) is 1.80. The zero-order chi connectivity index (χ0) is 13.5. The lowest BCUT2D eigenvalue weighted by molar-refractivity contribution is 0.0991. The summed E-state index contributed by atoms with van der Waals surface area (Å²) in [6.07, 6.45) is 4.84. The maximum Gasteiger partial charge on any atom is 0.0491 e. The molecule has 1 fully saturated rings. The van der Waals surface area contributed by atoms with E-state index in [1.54, 1.807) is 7.11 Å². The predicted molar refractivity (Wildman–Crippen MR) is 80.2 cm³/mol. The standard InChI is InChI=1S/C16H26N2O/c1-19-13-14-8-11-18(12-9-14)10-4-6-15-5-2-3-7-16(15)17/h2-3,5,7,14H,4,6,8-13,17H2,1H3. The van der Waals surface area contributed by atoms with Crippen LogP contribution in [0.1, 0.15) is 24.8 Å². The number of ether oxygens (including phenoxy) is 1. The lowest BCUT2D eigenvalue weighted by Gasteiger charge is -2.31. The number of aryl methyl sites for hydroxylation is 1. The molecule has 0 atom stereocenters. The van der Waals surface area contributed by atoms with E-state index in [4.69, 9.17) is 10.5 Å². The number of nitrogen functional groups attached to an aromatic ring is 1. The fraction of sp³-hybridized carbons (Fsp3) is 0.625. The van der Waals surface area contributed by atoms with E-state index in [-0.39, 0.29) is 0 Å². The summed E-state index contributed by atoms with van der Waals surface area (Å²) in [5, 5.41) is 0. The van der Waals surface area contributed by atoms with Gasteiger partial charge in [-0.2, -0.15) is 0 Å². The minimum Gasteiger partial charge on any atom is -0.399 e. The van der Waals surface area contributed by atoms with E-state index < -0.39 is 0 Å². The van der Waals surface area contributed by atoms with Gasteiger partial charge >= 0.3 is 0 Å². The summed E-state index contributed by atoms with van der Waals surface area (Å²) < 4.78 is 5.24. The van der Waals surface area contributed by atoms with Gasteiger partial charge in [0.15, 0.2) is 0 Å². The highest BCUT2D eigenvalue weighted by molar-refractivity contribution is 5.46. The third-order valence-corrected chi connectivity index (χ3v) is 4.09. The summed E-state index contributed by atoms with van der Waals surface area (Å²) in [5.41, 5.74) is 8.18. The van der Waals surface area contributed by atoms with Crippen LogP contribution in [0.2, 0.25) is 0 Å². The number of nitrogens with zero attached hydrogens (tertiary/aromatic N) is 1. The van der Waals surface area contributed by atoms with Gasteiger partial charge in [-0.05, 0) is 62.9 Å². The first kappa shape index (κ1) is 14.4. The van der Waals surface area contributed by atoms with Gasteiger partial charge in [-0.1, -0.05) is 18.2 Å². The van der Waals surface area contributed by atoms with Crippen molar-refractivity contribution in [2.45, 2.75) is 25.7 Å². The first-order valence-electron chi connectivity index (χ1n) is 7.34. The third-order valence-electron chi connectivity index (χ3n) is 4.09. The van der Waals surface area contributed by atoms with Crippen LogP contribution < -0.4 is 5.73 Å². The summed E-state index contributed by atoms with van der Waals surface area (Å²) >= 11 is 0. The van der Waals surface area contributed by atoms with Crippen molar-refractivity contribution in [1.82, 2.24) is 4.90 Å². The highest BCUT2D eigenvalue weighted by Gasteiger charge is 2.18. The number of nitrogens with two attached hydrogens (primary N) is 1. The SMILES string of the molecule is COCC1CCN(CCCc2ccccc2N)CC1. The fourth-order valence-corrected chi connectivity index (χ4v) is 2.87. The van der Waals surface area contributed by atoms with Crippen molar-refractivity contribution in [3.8, 4) is 0 Å². The molecule has 0 spiro atoms. The number of methoxy groups -OCH3 is 1. The molecule has 0 bridgehead atoms. The van der Waals surface area contributed by atoms with Gasteiger partial charge in [0.05, 0.1) is 0 Å². The number of benzene rings is 1. The molecule has 0 unspecified atom stereocenters. The lowest BCUT2D eigenvalue weighted by atomic mass is 9.97. The quantitative estimate of drug-likeness (QED) is 0.801. The molecule has 0 saturated carbocycles. The van der Waals surface area contributed by atoms with E-state index in [9.17, 15) is 0 Å². The molecule has 1 aromatic rings. The number of hydrogen-bond donors (Lipinski definition) is 1. The molecule has 0 radical (unpaired) electrons. The molecule has 0 amide bonds. The molecule has 1 aliphatic heterocycles. The van der Waals surface area contributed by atoms with Crippen LogP contribution in [0.5, 0.6) is 0 Å². The Morgan fingerprint density at radius 3 is 2.68 bits per heavy atom. The number of para-hydroxylation sites is 1. The molecule has 0 aliphatic carbocycles. The summed E-state index contributed by atoms with van der Waals surface area (Å²) in [6.45, 7) is 4.55. The molecule has 19 heavy (non-hydrogen) atoms. The lowest BCUT2D eigenvalue weighted by Crippen LogP contribution is -2.35. The molecule has 1 heterocycles. The topological polar surface area (TPSA) is 38.5 Å². The minimum absolute atomic E-state index is 0.769. The van der Waals surface area contributed by atoms with Gasteiger partial charge in [-0.25, -0.2) is 0 Å². The second-order valence-electron chi connectivity index (χ2n) is 5.54. The Bertz CT molecular complexity index is 373. The fourth-order valence-electron chi connectivity index (χ4n) is 2.87. The number of likely N-dealkylation sites (tertiary alicyclic amines) is 1. The van der Waals surface area contributed by atoms with E-state index in [0.717, 1.165) is 24.6 Å². The van der Waals surface area contributed by atoms with E-state index >= 15 is 0 Å². The summed E-state index contributed by atoms with van der Waals surface area (Å²) in [5.74, 6) is 0.769. The number of anilines is 1. The average Bonchev–Trinajstić information content (AvgIpc) is 2.43. The second kappa shape index (κ2) is 7.51. The number of hydrogen-bond acceptors (Lipinski definition) is 3. The van der Waals surface area contributed by atoms with Crippen molar-refractivity contribution in [3.63, 3.8) is 0 Å². The van der Waals surface area contributed by atoms with Crippen LogP contribution >= 0.6 is 0 Å². The summed E-state index contributed by atoms with van der Waals surface area (Å²) in [6, 6.07) is 8.20. The van der Waals surface area contributed by atoms with Crippen molar-refractivity contribution in [2.24, 2.45) is 5.92 Å². The van der Waals surface area contributed by atoms with Crippen LogP contribution in [-0.4, -0.2) is 38.3 Å². The maximum absolute atomic E-state index is 5.96. The Kier molecular flexibility index (Phi) is 5.67. The Hall–Kier alpha value is -1.06. The van der Waals surface area contributed by atoms with Crippen molar-refractivity contribution >= 4 is 5.69 Å². The van der Waals surface area contributed by atoms with E-state index in [2.05, 4.69) is 17.0 Å². The smallest absolute Gasteiger partial charge is 0.0491 e. The minimum atomic E-state index is 0.769. The Balaban J connectivity index is 1.66. The number of piperidine rings is 1. The predicted octanol–water partition coefficient (Wildman–Crippen LogP) is 2.56. The monoisotopic (exact) mass is 262 g/mol. The third kappa shape index (κ3) is 4.51. The molecule has 2 rings (SSSR count). The van der Waals surface area contributed by atoms with Crippen LogP contribution in [0.25, 0.3) is 0 Å². The molecular formula is C16H26N2O. The first-order chi connectivity index (χ1) is 9.29. The van der Waals surface area contributed by atoms with Crippen molar-refractivity contribution in [3.05, 3.63) is 29.8 Å². The average molecular weight is 262 g/mol. The first-order valence-corrected chi connectivity index (χ1v) is 7.34. The zero-order valence-corrected chi connectivity index (χ0v) is 12.0. The molecule has 1 aromatic carbocycles. The molecule has 3 heteroatoms. The van der Waals surface area contributed by atoms with Gasteiger partial charge in [-0.3, -0.25) is 0 Å². The van der Waals surface area contributed by atoms with E-state index in [1.807, 2.05) is 12.1 Å². The van der Waals surface area contributed by atoms with Crippen molar-refractivity contribution in [2.75, 3.05) is 39.1 Å². The Labute approximate surface area is 116 Å². The molecule has 1 aliphatic rings. The van der Waals surface area contributed by atoms with Crippen LogP contribution in [0, 0.1) is 5.92 Å². The van der Waals surface area contributed by atoms with Gasteiger partial charge < -0.3 is 15.4 Å². The molecule has 106 valence electrons. The van der Waals surface area contributed by atoms with Crippen LogP contribution in [-0.2, 0) is 11.2 Å². The number of rotatable bonds is 6. The highest BCUT2D eigenvalue weighted by atomic mass is 16.5.